The largest absolute Gasteiger partial charge is 0.492 e. The van der Waals surface area contributed by atoms with Crippen LogP contribution in [0.5, 0.6) is 5.75 Å². The molecule has 0 saturated carbocycles. The summed E-state index contributed by atoms with van der Waals surface area (Å²) in [6.45, 7) is 4.55. The first kappa shape index (κ1) is 9.07. The van der Waals surface area contributed by atoms with E-state index in [1.807, 2.05) is 31.2 Å². The van der Waals surface area contributed by atoms with Crippen molar-refractivity contribution in [1.29, 1.82) is 0 Å². The molecule has 0 amide bonds. The van der Waals surface area contributed by atoms with Crippen LogP contribution in [-0.4, -0.2) is 12.6 Å². The monoisotopic (exact) mass is 165 g/mol. The number of ether oxygens (including phenoxy) is 1. The SMILES string of the molecule is Cc1ccc(OCC(C)N)cc1. The van der Waals surface area contributed by atoms with Gasteiger partial charge >= 0.3 is 0 Å². The van der Waals surface area contributed by atoms with Crippen molar-refractivity contribution in [2.75, 3.05) is 6.61 Å². The third-order valence-electron chi connectivity index (χ3n) is 1.53. The minimum atomic E-state index is 0.0892. The van der Waals surface area contributed by atoms with Crippen molar-refractivity contribution in [3.63, 3.8) is 0 Å². The molecule has 0 radical (unpaired) electrons. The summed E-state index contributed by atoms with van der Waals surface area (Å²) < 4.78 is 5.40. The third kappa shape index (κ3) is 2.93. The first-order valence-electron chi connectivity index (χ1n) is 4.13. The van der Waals surface area contributed by atoms with Crippen molar-refractivity contribution in [3.8, 4) is 5.75 Å². The quantitative estimate of drug-likeness (QED) is 0.740. The Balaban J connectivity index is 2.48. The van der Waals surface area contributed by atoms with Crippen molar-refractivity contribution >= 4 is 0 Å². The summed E-state index contributed by atoms with van der Waals surface area (Å²) in [5, 5.41) is 0. The molecule has 0 aliphatic rings. The summed E-state index contributed by atoms with van der Waals surface area (Å²) in [7, 11) is 0. The van der Waals surface area contributed by atoms with Crippen LogP contribution in [0.2, 0.25) is 0 Å². The number of rotatable bonds is 3. The van der Waals surface area contributed by atoms with E-state index in [0.717, 1.165) is 5.75 Å². The summed E-state index contributed by atoms with van der Waals surface area (Å²) in [5.74, 6) is 0.887. The lowest BCUT2D eigenvalue weighted by molar-refractivity contribution is 0.296. The number of nitrogens with two attached hydrogens (primary N) is 1. The molecule has 1 aromatic rings. The van der Waals surface area contributed by atoms with E-state index in [4.69, 9.17) is 10.5 Å². The van der Waals surface area contributed by atoms with Crippen LogP contribution < -0.4 is 10.5 Å². The highest BCUT2D eigenvalue weighted by atomic mass is 16.5. The fraction of sp³-hybridized carbons (Fsp3) is 0.400. The molecule has 0 aromatic heterocycles. The molecule has 66 valence electrons. The molecule has 0 aliphatic heterocycles. The minimum Gasteiger partial charge on any atom is -0.492 e. The summed E-state index contributed by atoms with van der Waals surface area (Å²) in [6, 6.07) is 8.05. The van der Waals surface area contributed by atoms with Crippen molar-refractivity contribution in [1.82, 2.24) is 0 Å². The van der Waals surface area contributed by atoms with Gasteiger partial charge in [-0.2, -0.15) is 0 Å². The van der Waals surface area contributed by atoms with Crippen LogP contribution in [0, 0.1) is 6.92 Å². The number of hydrogen-bond acceptors (Lipinski definition) is 2. The van der Waals surface area contributed by atoms with E-state index in [9.17, 15) is 0 Å². The summed E-state index contributed by atoms with van der Waals surface area (Å²) in [5.41, 5.74) is 6.78. The molecule has 0 spiro atoms. The van der Waals surface area contributed by atoms with Gasteiger partial charge in [0.2, 0.25) is 0 Å². The second-order valence-electron chi connectivity index (χ2n) is 3.10. The molecular weight excluding hydrogens is 150 g/mol. The molecule has 1 unspecified atom stereocenters. The maximum Gasteiger partial charge on any atom is 0.119 e. The highest BCUT2D eigenvalue weighted by Crippen LogP contribution is 2.11. The highest BCUT2D eigenvalue weighted by molar-refractivity contribution is 5.26. The summed E-state index contributed by atoms with van der Waals surface area (Å²) in [4.78, 5) is 0. The van der Waals surface area contributed by atoms with Gasteiger partial charge in [-0.25, -0.2) is 0 Å². The average molecular weight is 165 g/mol. The molecule has 1 atom stereocenters. The average Bonchev–Trinajstić information content (AvgIpc) is 2.03. The van der Waals surface area contributed by atoms with Crippen molar-refractivity contribution in [3.05, 3.63) is 29.8 Å². The van der Waals surface area contributed by atoms with Gasteiger partial charge in [-0.1, -0.05) is 17.7 Å². The molecule has 0 aliphatic carbocycles. The van der Waals surface area contributed by atoms with Gasteiger partial charge in [0.25, 0.3) is 0 Å². The van der Waals surface area contributed by atoms with Gasteiger partial charge in [0.1, 0.15) is 12.4 Å². The van der Waals surface area contributed by atoms with Crippen LogP contribution in [0.3, 0.4) is 0 Å². The van der Waals surface area contributed by atoms with Crippen molar-refractivity contribution in [2.45, 2.75) is 19.9 Å². The maximum atomic E-state index is 5.55. The zero-order chi connectivity index (χ0) is 8.97. The van der Waals surface area contributed by atoms with Gasteiger partial charge < -0.3 is 10.5 Å². The molecule has 0 bridgehead atoms. The van der Waals surface area contributed by atoms with E-state index in [1.165, 1.54) is 5.56 Å². The normalized spacial score (nSPS) is 12.6. The zero-order valence-corrected chi connectivity index (χ0v) is 7.58. The van der Waals surface area contributed by atoms with Crippen LogP contribution in [0.4, 0.5) is 0 Å². The molecule has 1 aromatic carbocycles. The predicted molar refractivity (Wildman–Crippen MR) is 50.3 cm³/mol. The molecule has 2 nitrogen and oxygen atoms in total. The van der Waals surface area contributed by atoms with E-state index in [0.29, 0.717) is 6.61 Å². The molecule has 0 heterocycles. The predicted octanol–water partition coefficient (Wildman–Crippen LogP) is 1.72. The Labute approximate surface area is 73.3 Å². The minimum absolute atomic E-state index is 0.0892. The zero-order valence-electron chi connectivity index (χ0n) is 7.58. The Morgan fingerprint density at radius 3 is 2.42 bits per heavy atom. The van der Waals surface area contributed by atoms with Crippen LogP contribution in [0.25, 0.3) is 0 Å². The van der Waals surface area contributed by atoms with Gasteiger partial charge in [0.05, 0.1) is 0 Å². The van der Waals surface area contributed by atoms with E-state index in [2.05, 4.69) is 6.92 Å². The second-order valence-corrected chi connectivity index (χ2v) is 3.10. The Morgan fingerprint density at radius 2 is 1.92 bits per heavy atom. The Morgan fingerprint density at radius 1 is 1.33 bits per heavy atom. The second kappa shape index (κ2) is 4.12. The number of hydrogen-bond donors (Lipinski definition) is 1. The molecule has 2 heteroatoms. The Hall–Kier alpha value is -1.02. The molecule has 1 rings (SSSR count). The van der Waals surface area contributed by atoms with E-state index in [-0.39, 0.29) is 6.04 Å². The first-order chi connectivity index (χ1) is 5.68. The van der Waals surface area contributed by atoms with Gasteiger partial charge in [-0.15, -0.1) is 0 Å². The molecule has 0 saturated heterocycles. The smallest absolute Gasteiger partial charge is 0.119 e. The van der Waals surface area contributed by atoms with E-state index >= 15 is 0 Å². The molecule has 12 heavy (non-hydrogen) atoms. The van der Waals surface area contributed by atoms with E-state index < -0.39 is 0 Å². The number of aryl methyl sites for hydroxylation is 1. The maximum absolute atomic E-state index is 5.55. The van der Waals surface area contributed by atoms with Gasteiger partial charge in [-0.3, -0.25) is 0 Å². The van der Waals surface area contributed by atoms with Crippen LogP contribution in [-0.2, 0) is 0 Å². The lowest BCUT2D eigenvalue weighted by Crippen LogP contribution is -2.23. The fourth-order valence-corrected chi connectivity index (χ4v) is 0.862. The lowest BCUT2D eigenvalue weighted by Gasteiger charge is -2.08. The van der Waals surface area contributed by atoms with Gasteiger partial charge in [-0.05, 0) is 26.0 Å². The molecule has 0 fully saturated rings. The summed E-state index contributed by atoms with van der Waals surface area (Å²) in [6.07, 6.45) is 0. The standard InChI is InChI=1S/C10H15NO/c1-8-3-5-10(6-4-8)12-7-9(2)11/h3-6,9H,7,11H2,1-2H3. The molecular formula is C10H15NO. The van der Waals surface area contributed by atoms with Gasteiger partial charge in [0.15, 0.2) is 0 Å². The lowest BCUT2D eigenvalue weighted by atomic mass is 10.2. The Kier molecular flexibility index (Phi) is 3.11. The van der Waals surface area contributed by atoms with Crippen molar-refractivity contribution in [2.24, 2.45) is 5.73 Å². The first-order valence-corrected chi connectivity index (χ1v) is 4.13. The van der Waals surface area contributed by atoms with E-state index in [1.54, 1.807) is 0 Å². The third-order valence-corrected chi connectivity index (χ3v) is 1.53. The van der Waals surface area contributed by atoms with Crippen LogP contribution in [0.1, 0.15) is 12.5 Å². The topological polar surface area (TPSA) is 35.2 Å². The fourth-order valence-electron chi connectivity index (χ4n) is 0.862. The highest BCUT2D eigenvalue weighted by Gasteiger charge is 1.95. The van der Waals surface area contributed by atoms with Crippen molar-refractivity contribution < 1.29 is 4.74 Å². The Bertz CT molecular complexity index is 228. The van der Waals surface area contributed by atoms with Crippen LogP contribution >= 0.6 is 0 Å². The van der Waals surface area contributed by atoms with Gasteiger partial charge in [0, 0.05) is 6.04 Å². The van der Waals surface area contributed by atoms with Crippen LogP contribution in [0.15, 0.2) is 24.3 Å². The summed E-state index contributed by atoms with van der Waals surface area (Å²) >= 11 is 0. The number of benzene rings is 1. The molecule has 2 N–H and O–H groups in total.